The normalized spacial score (nSPS) is 13.0. The van der Waals surface area contributed by atoms with Crippen LogP contribution in [0.1, 0.15) is 38.6 Å². The number of rotatable bonds is 4. The average molecular weight is 404 g/mol. The first-order valence-electron chi connectivity index (χ1n) is 9.61. The van der Waals surface area contributed by atoms with E-state index >= 15 is 0 Å². The van der Waals surface area contributed by atoms with Crippen LogP contribution in [0, 0.1) is 17.0 Å². The topological polar surface area (TPSA) is 109 Å². The van der Waals surface area contributed by atoms with Gasteiger partial charge in [0.15, 0.2) is 0 Å². The highest BCUT2D eigenvalue weighted by Crippen LogP contribution is 2.19. The third kappa shape index (κ3) is 3.98. The Bertz CT molecular complexity index is 1170. The lowest BCUT2D eigenvalue weighted by atomic mass is 10.0. The molecule has 3 aromatic rings. The van der Waals surface area contributed by atoms with Gasteiger partial charge in [0.1, 0.15) is 5.82 Å². The molecule has 1 N–H and O–H groups in total. The number of aromatic amines is 1. The van der Waals surface area contributed by atoms with Gasteiger partial charge in [0.25, 0.3) is 17.2 Å². The zero-order valence-electron chi connectivity index (χ0n) is 16.4. The number of nitrogens with one attached hydrogen (secondary N) is 1. The van der Waals surface area contributed by atoms with E-state index in [0.717, 1.165) is 5.56 Å². The zero-order chi connectivity index (χ0) is 21.3. The second-order valence-electron chi connectivity index (χ2n) is 7.38. The first-order chi connectivity index (χ1) is 14.4. The largest absolute Gasteiger partial charge is 0.334 e. The Labute approximate surface area is 172 Å². The van der Waals surface area contributed by atoms with Crippen LogP contribution in [0.2, 0.25) is 0 Å². The highest BCUT2D eigenvalue weighted by molar-refractivity contribution is 5.94. The molecule has 0 unspecified atom stereocenters. The molecule has 30 heavy (non-hydrogen) atoms. The molecule has 0 bridgehead atoms. The first-order valence-corrected chi connectivity index (χ1v) is 9.61. The van der Waals surface area contributed by atoms with Crippen molar-refractivity contribution in [2.75, 3.05) is 6.54 Å². The zero-order valence-corrected chi connectivity index (χ0v) is 16.4. The van der Waals surface area contributed by atoms with Crippen molar-refractivity contribution < 1.29 is 9.72 Å². The number of H-pyrrole nitrogens is 1. The van der Waals surface area contributed by atoms with E-state index in [0.29, 0.717) is 42.0 Å². The number of aryl methyl sites for hydroxylation is 1. The fraction of sp³-hybridized carbons (Fsp3) is 0.227. The Balaban J connectivity index is 1.52. The maximum Gasteiger partial charge on any atom is 0.269 e. The van der Waals surface area contributed by atoms with Crippen molar-refractivity contribution in [1.82, 2.24) is 14.9 Å². The average Bonchev–Trinajstić information content (AvgIpc) is 2.75. The van der Waals surface area contributed by atoms with Gasteiger partial charge in [-0.25, -0.2) is 4.98 Å². The monoisotopic (exact) mass is 404 g/mol. The van der Waals surface area contributed by atoms with Gasteiger partial charge < -0.3 is 9.88 Å². The highest BCUT2D eigenvalue weighted by Gasteiger charge is 2.25. The van der Waals surface area contributed by atoms with Gasteiger partial charge in [-0.15, -0.1) is 0 Å². The van der Waals surface area contributed by atoms with Crippen LogP contribution < -0.4 is 5.56 Å². The van der Waals surface area contributed by atoms with E-state index in [1.165, 1.54) is 29.8 Å². The molecule has 1 aliphatic heterocycles. The van der Waals surface area contributed by atoms with Gasteiger partial charge in [-0.05, 0) is 24.6 Å². The molecule has 0 spiro atoms. The van der Waals surface area contributed by atoms with Crippen molar-refractivity contribution in [2.24, 2.45) is 0 Å². The standard InChI is InChI=1S/C22H20N4O4/c1-14-2-4-15(5-3-14)12-20-23-19-10-11-25(13-18(19)21(27)24-20)22(28)16-6-8-17(9-7-16)26(29)30/h2-9H,10-13H2,1H3,(H,23,24,27). The lowest BCUT2D eigenvalue weighted by molar-refractivity contribution is -0.384. The van der Waals surface area contributed by atoms with Crippen molar-refractivity contribution in [3.63, 3.8) is 0 Å². The molecule has 1 aromatic heterocycles. The smallest absolute Gasteiger partial charge is 0.269 e. The van der Waals surface area contributed by atoms with Crippen molar-refractivity contribution in [3.05, 3.63) is 103 Å². The molecule has 2 aromatic carbocycles. The van der Waals surface area contributed by atoms with Crippen LogP contribution in [0.15, 0.2) is 53.3 Å². The number of hydrogen-bond donors (Lipinski definition) is 1. The van der Waals surface area contributed by atoms with E-state index in [-0.39, 0.29) is 23.7 Å². The van der Waals surface area contributed by atoms with Crippen molar-refractivity contribution in [1.29, 1.82) is 0 Å². The Morgan fingerprint density at radius 1 is 1.17 bits per heavy atom. The molecule has 8 nitrogen and oxygen atoms in total. The number of nitro groups is 1. The molecule has 2 heterocycles. The van der Waals surface area contributed by atoms with Crippen LogP contribution in [0.5, 0.6) is 0 Å². The number of nitro benzene ring substituents is 1. The highest BCUT2D eigenvalue weighted by atomic mass is 16.6. The van der Waals surface area contributed by atoms with E-state index in [1.807, 2.05) is 31.2 Å². The van der Waals surface area contributed by atoms with Crippen LogP contribution in [0.4, 0.5) is 5.69 Å². The number of carbonyl (C=O) groups excluding carboxylic acids is 1. The van der Waals surface area contributed by atoms with Crippen LogP contribution in [-0.2, 0) is 19.4 Å². The third-order valence-corrected chi connectivity index (χ3v) is 5.22. The number of aromatic nitrogens is 2. The second kappa shape index (κ2) is 7.90. The van der Waals surface area contributed by atoms with Crippen molar-refractivity contribution in [3.8, 4) is 0 Å². The quantitative estimate of drug-likeness (QED) is 0.531. The van der Waals surface area contributed by atoms with Crippen LogP contribution in [0.3, 0.4) is 0 Å². The van der Waals surface area contributed by atoms with E-state index in [2.05, 4.69) is 9.97 Å². The van der Waals surface area contributed by atoms with Crippen molar-refractivity contribution >= 4 is 11.6 Å². The van der Waals surface area contributed by atoms with E-state index in [4.69, 9.17) is 0 Å². The number of nitrogens with zero attached hydrogens (tertiary/aromatic N) is 3. The fourth-order valence-electron chi connectivity index (χ4n) is 3.54. The van der Waals surface area contributed by atoms with Gasteiger partial charge >= 0.3 is 0 Å². The molecule has 0 fully saturated rings. The van der Waals surface area contributed by atoms with Crippen molar-refractivity contribution in [2.45, 2.75) is 26.3 Å². The summed E-state index contributed by atoms with van der Waals surface area (Å²) in [5, 5.41) is 10.8. The summed E-state index contributed by atoms with van der Waals surface area (Å²) >= 11 is 0. The molecule has 8 heteroatoms. The van der Waals surface area contributed by atoms with Crippen LogP contribution in [-0.4, -0.2) is 32.2 Å². The summed E-state index contributed by atoms with van der Waals surface area (Å²) in [6.45, 7) is 2.62. The molecular weight excluding hydrogens is 384 g/mol. The van der Waals surface area contributed by atoms with Gasteiger partial charge in [0.05, 0.1) is 22.7 Å². The number of hydrogen-bond acceptors (Lipinski definition) is 5. The van der Waals surface area contributed by atoms with Gasteiger partial charge in [-0.2, -0.15) is 0 Å². The fourth-order valence-corrected chi connectivity index (χ4v) is 3.54. The summed E-state index contributed by atoms with van der Waals surface area (Å²) < 4.78 is 0. The molecule has 1 aliphatic rings. The minimum absolute atomic E-state index is 0.0720. The lowest BCUT2D eigenvalue weighted by Gasteiger charge is -2.28. The molecule has 0 saturated heterocycles. The predicted molar refractivity (Wildman–Crippen MR) is 110 cm³/mol. The van der Waals surface area contributed by atoms with Crippen LogP contribution >= 0.6 is 0 Å². The summed E-state index contributed by atoms with van der Waals surface area (Å²) in [4.78, 5) is 44.7. The molecule has 0 saturated carbocycles. The molecule has 0 aliphatic carbocycles. The predicted octanol–water partition coefficient (Wildman–Crippen LogP) is 2.78. The SMILES string of the molecule is Cc1ccc(Cc2nc3c(c(=O)[nH]2)CN(C(=O)c2ccc([N+](=O)[O-])cc2)CC3)cc1. The Morgan fingerprint density at radius 3 is 2.53 bits per heavy atom. The number of non-ortho nitro benzene ring substituents is 1. The second-order valence-corrected chi connectivity index (χ2v) is 7.38. The third-order valence-electron chi connectivity index (χ3n) is 5.22. The molecule has 0 radical (unpaired) electrons. The summed E-state index contributed by atoms with van der Waals surface area (Å²) in [5.74, 6) is 0.344. The number of amides is 1. The maximum absolute atomic E-state index is 12.8. The van der Waals surface area contributed by atoms with Gasteiger partial charge in [-0.1, -0.05) is 29.8 Å². The van der Waals surface area contributed by atoms with E-state index in [9.17, 15) is 19.7 Å². The van der Waals surface area contributed by atoms with Gasteiger partial charge in [-0.3, -0.25) is 19.7 Å². The number of benzene rings is 2. The summed E-state index contributed by atoms with van der Waals surface area (Å²) in [6, 6.07) is 13.5. The van der Waals surface area contributed by atoms with Gasteiger partial charge in [0, 0.05) is 37.1 Å². The lowest BCUT2D eigenvalue weighted by Crippen LogP contribution is -2.39. The number of carbonyl (C=O) groups is 1. The Morgan fingerprint density at radius 2 is 1.87 bits per heavy atom. The van der Waals surface area contributed by atoms with Crippen LogP contribution in [0.25, 0.3) is 0 Å². The summed E-state index contributed by atoms with van der Waals surface area (Å²) in [5.41, 5.74) is 3.49. The summed E-state index contributed by atoms with van der Waals surface area (Å²) in [6.07, 6.45) is 1.02. The Hall–Kier alpha value is -3.81. The summed E-state index contributed by atoms with van der Waals surface area (Å²) in [7, 11) is 0. The molecule has 152 valence electrons. The van der Waals surface area contributed by atoms with Gasteiger partial charge in [0.2, 0.25) is 0 Å². The molecule has 1 amide bonds. The molecular formula is C22H20N4O4. The minimum Gasteiger partial charge on any atom is -0.334 e. The first kappa shape index (κ1) is 19.5. The van der Waals surface area contributed by atoms with E-state index < -0.39 is 4.92 Å². The molecule has 0 atom stereocenters. The Kier molecular flexibility index (Phi) is 5.14. The number of fused-ring (bicyclic) bond motifs is 1. The maximum atomic E-state index is 12.8. The van der Waals surface area contributed by atoms with E-state index in [1.54, 1.807) is 4.90 Å². The molecule has 4 rings (SSSR count). The minimum atomic E-state index is -0.509.